The molecule has 1 atom stereocenters. The molecule has 3 N–H and O–H groups in total. The molecule has 1 heterocycles. The van der Waals surface area contributed by atoms with Crippen molar-refractivity contribution in [3.8, 4) is 0 Å². The third-order valence-electron chi connectivity index (χ3n) is 2.84. The summed E-state index contributed by atoms with van der Waals surface area (Å²) in [7, 11) is 0. The summed E-state index contributed by atoms with van der Waals surface area (Å²) in [5.41, 5.74) is -0.150. The number of amides is 1. The number of anilines is 1. The standard InChI is InChI=1S/C12H13FN2O3/c13-9-6-7(3-4-8(9)12(17)18)15-11(16)10-2-1-5-14-10/h3-4,6,10,14H,1-2,5H2,(H,15,16)(H,17,18)/t10-/m1/s1. The number of carboxylic acid groups (broad SMARTS) is 1. The van der Waals surface area contributed by atoms with Crippen molar-refractivity contribution in [2.24, 2.45) is 0 Å². The van der Waals surface area contributed by atoms with E-state index in [2.05, 4.69) is 10.6 Å². The Morgan fingerprint density at radius 1 is 1.44 bits per heavy atom. The van der Waals surface area contributed by atoms with Gasteiger partial charge in [-0.1, -0.05) is 0 Å². The monoisotopic (exact) mass is 252 g/mol. The van der Waals surface area contributed by atoms with Gasteiger partial charge in [-0.25, -0.2) is 9.18 Å². The Balaban J connectivity index is 2.07. The predicted molar refractivity (Wildman–Crippen MR) is 63.0 cm³/mol. The van der Waals surface area contributed by atoms with Gasteiger partial charge in [0.2, 0.25) is 5.91 Å². The minimum atomic E-state index is -1.33. The summed E-state index contributed by atoms with van der Waals surface area (Å²) in [6.07, 6.45) is 1.69. The normalized spacial score (nSPS) is 18.6. The van der Waals surface area contributed by atoms with Gasteiger partial charge in [-0.05, 0) is 37.6 Å². The zero-order valence-corrected chi connectivity index (χ0v) is 9.57. The second kappa shape index (κ2) is 5.14. The maximum absolute atomic E-state index is 13.4. The third kappa shape index (κ3) is 2.65. The highest BCUT2D eigenvalue weighted by Crippen LogP contribution is 2.16. The number of carboxylic acids is 1. The molecule has 5 nitrogen and oxygen atoms in total. The van der Waals surface area contributed by atoms with E-state index in [0.717, 1.165) is 31.5 Å². The van der Waals surface area contributed by atoms with E-state index in [4.69, 9.17) is 5.11 Å². The number of hydrogen-bond donors (Lipinski definition) is 3. The summed E-state index contributed by atoms with van der Waals surface area (Å²) in [6.45, 7) is 0.796. The van der Waals surface area contributed by atoms with Crippen LogP contribution in [-0.4, -0.2) is 29.6 Å². The molecule has 1 fully saturated rings. The summed E-state index contributed by atoms with van der Waals surface area (Å²) in [5, 5.41) is 14.3. The van der Waals surface area contributed by atoms with Crippen molar-refractivity contribution in [1.82, 2.24) is 5.32 Å². The maximum Gasteiger partial charge on any atom is 0.338 e. The first-order valence-electron chi connectivity index (χ1n) is 5.65. The highest BCUT2D eigenvalue weighted by molar-refractivity contribution is 5.95. The van der Waals surface area contributed by atoms with Crippen LogP contribution in [0, 0.1) is 5.82 Å². The molecule has 6 heteroatoms. The summed E-state index contributed by atoms with van der Waals surface area (Å²) in [5.74, 6) is -2.42. The van der Waals surface area contributed by atoms with E-state index in [1.54, 1.807) is 0 Å². The Morgan fingerprint density at radius 2 is 2.22 bits per heavy atom. The number of hydrogen-bond acceptors (Lipinski definition) is 3. The van der Waals surface area contributed by atoms with E-state index in [1.165, 1.54) is 6.07 Å². The Morgan fingerprint density at radius 3 is 2.78 bits per heavy atom. The number of carbonyl (C=O) groups is 2. The molecule has 1 aromatic rings. The molecule has 0 unspecified atom stereocenters. The van der Waals surface area contributed by atoms with E-state index >= 15 is 0 Å². The molecule has 1 aliphatic rings. The minimum Gasteiger partial charge on any atom is -0.478 e. The van der Waals surface area contributed by atoms with Crippen LogP contribution in [0.4, 0.5) is 10.1 Å². The fourth-order valence-electron chi connectivity index (χ4n) is 1.90. The smallest absolute Gasteiger partial charge is 0.338 e. The number of carbonyl (C=O) groups excluding carboxylic acids is 1. The number of aromatic carboxylic acids is 1. The lowest BCUT2D eigenvalue weighted by atomic mass is 10.1. The van der Waals surface area contributed by atoms with Crippen LogP contribution in [0.5, 0.6) is 0 Å². The molecule has 1 aliphatic heterocycles. The van der Waals surface area contributed by atoms with E-state index in [1.807, 2.05) is 0 Å². The van der Waals surface area contributed by atoms with Crippen LogP contribution in [0.1, 0.15) is 23.2 Å². The van der Waals surface area contributed by atoms with Crippen molar-refractivity contribution in [2.75, 3.05) is 11.9 Å². The van der Waals surface area contributed by atoms with Gasteiger partial charge >= 0.3 is 5.97 Å². The van der Waals surface area contributed by atoms with Crippen LogP contribution in [-0.2, 0) is 4.79 Å². The maximum atomic E-state index is 13.4. The average molecular weight is 252 g/mol. The van der Waals surface area contributed by atoms with E-state index in [9.17, 15) is 14.0 Å². The van der Waals surface area contributed by atoms with Crippen LogP contribution >= 0.6 is 0 Å². The highest BCUT2D eigenvalue weighted by Gasteiger charge is 2.22. The number of rotatable bonds is 3. The number of nitrogens with one attached hydrogen (secondary N) is 2. The number of benzene rings is 1. The SMILES string of the molecule is O=C(O)c1ccc(NC(=O)[C@H]2CCCN2)cc1F. The molecule has 96 valence electrons. The van der Waals surface area contributed by atoms with Gasteiger partial charge in [0.15, 0.2) is 0 Å². The van der Waals surface area contributed by atoms with Crippen molar-refractivity contribution < 1.29 is 19.1 Å². The molecule has 1 saturated heterocycles. The fourth-order valence-corrected chi connectivity index (χ4v) is 1.90. The zero-order chi connectivity index (χ0) is 13.1. The molecule has 0 bridgehead atoms. The molecule has 18 heavy (non-hydrogen) atoms. The van der Waals surface area contributed by atoms with E-state index < -0.39 is 17.3 Å². The summed E-state index contributed by atoms with van der Waals surface area (Å²) in [6, 6.07) is 3.26. The van der Waals surface area contributed by atoms with Gasteiger partial charge in [0.05, 0.1) is 11.6 Å². The lowest BCUT2D eigenvalue weighted by Gasteiger charge is -2.11. The van der Waals surface area contributed by atoms with Crippen molar-refractivity contribution >= 4 is 17.6 Å². The number of halogens is 1. The zero-order valence-electron chi connectivity index (χ0n) is 9.57. The first-order valence-corrected chi connectivity index (χ1v) is 5.65. The quantitative estimate of drug-likeness (QED) is 0.755. The van der Waals surface area contributed by atoms with E-state index in [-0.39, 0.29) is 17.6 Å². The van der Waals surface area contributed by atoms with Crippen molar-refractivity contribution in [3.63, 3.8) is 0 Å². The Bertz CT molecular complexity index is 484. The Kier molecular flexibility index (Phi) is 3.57. The van der Waals surface area contributed by atoms with Gasteiger partial charge in [0.1, 0.15) is 5.82 Å². The summed E-state index contributed by atoms with van der Waals surface area (Å²) < 4.78 is 13.4. The van der Waals surface area contributed by atoms with Crippen LogP contribution in [0.2, 0.25) is 0 Å². The Labute approximate surface area is 103 Å². The van der Waals surface area contributed by atoms with Crippen molar-refractivity contribution in [3.05, 3.63) is 29.6 Å². The molecule has 2 rings (SSSR count). The lowest BCUT2D eigenvalue weighted by molar-refractivity contribution is -0.117. The highest BCUT2D eigenvalue weighted by atomic mass is 19.1. The van der Waals surface area contributed by atoms with Crippen LogP contribution < -0.4 is 10.6 Å². The molecular weight excluding hydrogens is 239 g/mol. The first kappa shape index (κ1) is 12.5. The van der Waals surface area contributed by atoms with Gasteiger partial charge < -0.3 is 15.7 Å². The second-order valence-corrected chi connectivity index (χ2v) is 4.14. The van der Waals surface area contributed by atoms with Gasteiger partial charge in [-0.3, -0.25) is 4.79 Å². The van der Waals surface area contributed by atoms with Crippen LogP contribution in [0.15, 0.2) is 18.2 Å². The first-order chi connectivity index (χ1) is 8.58. The fraction of sp³-hybridized carbons (Fsp3) is 0.333. The lowest BCUT2D eigenvalue weighted by Crippen LogP contribution is -2.35. The minimum absolute atomic E-state index is 0.227. The predicted octanol–water partition coefficient (Wildman–Crippen LogP) is 1.21. The topological polar surface area (TPSA) is 78.4 Å². The molecule has 0 spiro atoms. The van der Waals surface area contributed by atoms with Crippen LogP contribution in [0.25, 0.3) is 0 Å². The molecule has 0 aliphatic carbocycles. The van der Waals surface area contributed by atoms with Crippen molar-refractivity contribution in [2.45, 2.75) is 18.9 Å². The largest absolute Gasteiger partial charge is 0.478 e. The molecule has 0 saturated carbocycles. The van der Waals surface area contributed by atoms with Crippen LogP contribution in [0.3, 0.4) is 0 Å². The van der Waals surface area contributed by atoms with Gasteiger partial charge in [0.25, 0.3) is 0 Å². The summed E-state index contributed by atoms with van der Waals surface area (Å²) >= 11 is 0. The van der Waals surface area contributed by atoms with Crippen molar-refractivity contribution in [1.29, 1.82) is 0 Å². The molecule has 0 aromatic heterocycles. The molecule has 0 radical (unpaired) electrons. The summed E-state index contributed by atoms with van der Waals surface area (Å²) in [4.78, 5) is 22.4. The van der Waals surface area contributed by atoms with Gasteiger partial charge in [-0.2, -0.15) is 0 Å². The van der Waals surface area contributed by atoms with E-state index in [0.29, 0.717) is 0 Å². The molecular formula is C12H13FN2O3. The van der Waals surface area contributed by atoms with Gasteiger partial charge in [-0.15, -0.1) is 0 Å². The van der Waals surface area contributed by atoms with Gasteiger partial charge in [0, 0.05) is 5.69 Å². The molecule has 1 amide bonds. The third-order valence-corrected chi connectivity index (χ3v) is 2.84. The molecule has 1 aromatic carbocycles. The second-order valence-electron chi connectivity index (χ2n) is 4.14. The average Bonchev–Trinajstić information content (AvgIpc) is 2.81. The Hall–Kier alpha value is -1.95.